The summed E-state index contributed by atoms with van der Waals surface area (Å²) in [5.41, 5.74) is 17.0. The fourth-order valence-electron chi connectivity index (χ4n) is 8.62. The maximum Gasteiger partial charge on any atom is 0.143 e. The van der Waals surface area contributed by atoms with Crippen molar-refractivity contribution in [2.75, 3.05) is 4.90 Å². The summed E-state index contributed by atoms with van der Waals surface area (Å²) in [7, 11) is 0. The molecule has 10 aromatic carbocycles. The van der Waals surface area contributed by atoms with Crippen LogP contribution in [0.2, 0.25) is 0 Å². The zero-order chi connectivity index (χ0) is 39.8. The Morgan fingerprint density at radius 1 is 0.250 bits per heavy atom. The van der Waals surface area contributed by atoms with Crippen molar-refractivity contribution in [2.24, 2.45) is 0 Å². The average Bonchev–Trinajstić information content (AvgIpc) is 3.72. The van der Waals surface area contributed by atoms with E-state index < -0.39 is 0 Å². The Bertz CT molecular complexity index is 3130. The van der Waals surface area contributed by atoms with Gasteiger partial charge in [-0.1, -0.05) is 188 Å². The number of furan rings is 1. The molecule has 11 rings (SSSR count). The topological polar surface area (TPSA) is 16.4 Å². The van der Waals surface area contributed by atoms with Crippen LogP contribution in [0.4, 0.5) is 17.1 Å². The minimum atomic E-state index is 0.904. The van der Waals surface area contributed by atoms with E-state index in [2.05, 4.69) is 235 Å². The van der Waals surface area contributed by atoms with Crippen molar-refractivity contribution in [3.05, 3.63) is 237 Å². The van der Waals surface area contributed by atoms with Gasteiger partial charge >= 0.3 is 0 Å². The summed E-state index contributed by atoms with van der Waals surface area (Å²) in [5.74, 6) is 0. The number of benzene rings is 10. The van der Waals surface area contributed by atoms with Gasteiger partial charge in [0.2, 0.25) is 0 Å². The molecule has 0 amide bonds. The Labute approximate surface area is 349 Å². The predicted octanol–water partition coefficient (Wildman–Crippen LogP) is 16.5. The third-order valence-corrected chi connectivity index (χ3v) is 11.7. The van der Waals surface area contributed by atoms with Gasteiger partial charge < -0.3 is 9.32 Å². The largest absolute Gasteiger partial charge is 0.455 e. The Hall–Kier alpha value is -7.94. The summed E-state index contributed by atoms with van der Waals surface area (Å²) in [4.78, 5) is 2.36. The molecule has 0 saturated carbocycles. The number of anilines is 3. The normalized spacial score (nSPS) is 11.3. The van der Waals surface area contributed by atoms with Crippen LogP contribution in [0.25, 0.3) is 88.3 Å². The Kier molecular flexibility index (Phi) is 8.87. The van der Waals surface area contributed by atoms with Gasteiger partial charge in [-0.2, -0.15) is 0 Å². The molecule has 1 heterocycles. The fraction of sp³-hybridized carbons (Fsp3) is 0. The Balaban J connectivity index is 0.992. The number of para-hydroxylation sites is 1. The lowest BCUT2D eigenvalue weighted by molar-refractivity contribution is 0.672. The first-order valence-corrected chi connectivity index (χ1v) is 20.5. The van der Waals surface area contributed by atoms with Gasteiger partial charge in [-0.15, -0.1) is 0 Å². The molecule has 11 aromatic rings. The molecule has 2 heteroatoms. The van der Waals surface area contributed by atoms with Crippen LogP contribution in [0.3, 0.4) is 0 Å². The van der Waals surface area contributed by atoms with E-state index in [1.165, 1.54) is 50.1 Å². The third-order valence-electron chi connectivity index (χ3n) is 11.7. The summed E-state index contributed by atoms with van der Waals surface area (Å²) < 4.78 is 6.46. The van der Waals surface area contributed by atoms with Gasteiger partial charge in [0.25, 0.3) is 0 Å². The van der Waals surface area contributed by atoms with E-state index in [1.54, 1.807) is 0 Å². The van der Waals surface area contributed by atoms with Crippen molar-refractivity contribution in [1.82, 2.24) is 0 Å². The van der Waals surface area contributed by atoms with Crippen molar-refractivity contribution in [2.45, 2.75) is 0 Å². The number of nitrogens with zero attached hydrogens (tertiary/aromatic N) is 1. The highest BCUT2D eigenvalue weighted by atomic mass is 16.3. The minimum Gasteiger partial charge on any atom is -0.455 e. The molecular formula is C58H39NO. The van der Waals surface area contributed by atoms with E-state index in [1.807, 2.05) is 6.07 Å². The second-order valence-corrected chi connectivity index (χ2v) is 15.3. The van der Waals surface area contributed by atoms with Crippen molar-refractivity contribution >= 4 is 49.8 Å². The monoisotopic (exact) mass is 765 g/mol. The average molecular weight is 766 g/mol. The van der Waals surface area contributed by atoms with E-state index >= 15 is 0 Å². The number of hydrogen-bond acceptors (Lipinski definition) is 2. The molecule has 0 spiro atoms. The molecule has 0 radical (unpaired) electrons. The summed E-state index contributed by atoms with van der Waals surface area (Å²) >= 11 is 0. The minimum absolute atomic E-state index is 0.904. The molecule has 0 saturated heterocycles. The molecule has 0 unspecified atom stereocenters. The van der Waals surface area contributed by atoms with Gasteiger partial charge in [0.05, 0.1) is 0 Å². The standard InChI is InChI=1S/C58H39NO/c1-3-12-40(13-4-1)42-22-26-44(27-23-42)46-30-34-49(35-31-46)59(50-36-32-47(33-37-50)45-28-24-43(25-29-45)41-14-5-2-6-15-41)51-17-11-16-48(38-51)55-39-56-53-19-9-10-21-57(53)60-58(56)54-20-8-7-18-52(54)55/h1-39H. The van der Waals surface area contributed by atoms with Crippen molar-refractivity contribution in [3.63, 3.8) is 0 Å². The SMILES string of the molecule is c1ccc(-c2ccc(-c3ccc(N(c4ccc(-c5ccc(-c6ccccc6)cc5)cc4)c4cccc(-c5cc6c7ccccc7oc6c6ccccc56)c4)cc3)cc2)cc1. The smallest absolute Gasteiger partial charge is 0.143 e. The molecule has 0 bridgehead atoms. The molecule has 60 heavy (non-hydrogen) atoms. The first-order valence-electron chi connectivity index (χ1n) is 20.5. The molecule has 0 N–H and O–H groups in total. The lowest BCUT2D eigenvalue weighted by Gasteiger charge is -2.26. The summed E-state index contributed by atoms with van der Waals surface area (Å²) in [5, 5.41) is 4.53. The van der Waals surface area contributed by atoms with E-state index in [4.69, 9.17) is 4.42 Å². The molecule has 0 aliphatic heterocycles. The van der Waals surface area contributed by atoms with Gasteiger partial charge in [-0.3, -0.25) is 0 Å². The summed E-state index contributed by atoms with van der Waals surface area (Å²) in [6.07, 6.45) is 0. The molecule has 0 aliphatic rings. The molecule has 0 atom stereocenters. The van der Waals surface area contributed by atoms with E-state index in [0.717, 1.165) is 55.3 Å². The second-order valence-electron chi connectivity index (χ2n) is 15.3. The van der Waals surface area contributed by atoms with E-state index in [0.29, 0.717) is 0 Å². The molecule has 2 nitrogen and oxygen atoms in total. The van der Waals surface area contributed by atoms with Crippen molar-refractivity contribution in [1.29, 1.82) is 0 Å². The highest BCUT2D eigenvalue weighted by Gasteiger charge is 2.18. The number of hydrogen-bond donors (Lipinski definition) is 0. The zero-order valence-electron chi connectivity index (χ0n) is 32.9. The third kappa shape index (κ3) is 6.51. The molecule has 0 fully saturated rings. The van der Waals surface area contributed by atoms with Gasteiger partial charge in [0.15, 0.2) is 0 Å². The highest BCUT2D eigenvalue weighted by molar-refractivity contribution is 6.19. The van der Waals surface area contributed by atoms with Gasteiger partial charge in [-0.05, 0) is 110 Å². The fourth-order valence-corrected chi connectivity index (χ4v) is 8.62. The van der Waals surface area contributed by atoms with Crippen LogP contribution in [-0.4, -0.2) is 0 Å². The first-order chi connectivity index (χ1) is 29.7. The zero-order valence-corrected chi connectivity index (χ0v) is 32.9. The quantitative estimate of drug-likeness (QED) is 0.153. The molecule has 282 valence electrons. The van der Waals surface area contributed by atoms with E-state index in [9.17, 15) is 0 Å². The summed E-state index contributed by atoms with van der Waals surface area (Å²) in [6, 6.07) is 84.8. The van der Waals surface area contributed by atoms with Crippen LogP contribution in [0.5, 0.6) is 0 Å². The molecule has 0 aliphatic carbocycles. The van der Waals surface area contributed by atoms with Crippen LogP contribution in [0, 0.1) is 0 Å². The van der Waals surface area contributed by atoms with Gasteiger partial charge in [-0.25, -0.2) is 0 Å². The van der Waals surface area contributed by atoms with Gasteiger partial charge in [0.1, 0.15) is 11.2 Å². The highest BCUT2D eigenvalue weighted by Crippen LogP contribution is 2.43. The second kappa shape index (κ2) is 15.1. The predicted molar refractivity (Wildman–Crippen MR) is 253 cm³/mol. The lowest BCUT2D eigenvalue weighted by atomic mass is 9.95. The molecular weight excluding hydrogens is 727 g/mol. The van der Waals surface area contributed by atoms with Gasteiger partial charge in [0, 0.05) is 33.2 Å². The van der Waals surface area contributed by atoms with Crippen LogP contribution in [-0.2, 0) is 0 Å². The first kappa shape index (κ1) is 35.2. The summed E-state index contributed by atoms with van der Waals surface area (Å²) in [6.45, 7) is 0. The van der Waals surface area contributed by atoms with Crippen molar-refractivity contribution in [3.8, 4) is 55.6 Å². The van der Waals surface area contributed by atoms with Crippen LogP contribution in [0.15, 0.2) is 241 Å². The van der Waals surface area contributed by atoms with Crippen LogP contribution in [0.1, 0.15) is 0 Å². The molecule has 1 aromatic heterocycles. The van der Waals surface area contributed by atoms with Crippen LogP contribution >= 0.6 is 0 Å². The number of rotatable bonds is 8. The Morgan fingerprint density at radius 2 is 0.650 bits per heavy atom. The van der Waals surface area contributed by atoms with E-state index in [-0.39, 0.29) is 0 Å². The number of fused-ring (bicyclic) bond motifs is 5. The maximum absolute atomic E-state index is 6.46. The Morgan fingerprint density at radius 3 is 1.17 bits per heavy atom. The lowest BCUT2D eigenvalue weighted by Crippen LogP contribution is -2.10. The van der Waals surface area contributed by atoms with Crippen molar-refractivity contribution < 1.29 is 4.42 Å². The van der Waals surface area contributed by atoms with Crippen LogP contribution < -0.4 is 4.90 Å². The maximum atomic E-state index is 6.46.